The van der Waals surface area contributed by atoms with Crippen LogP contribution in [0.1, 0.15) is 6.92 Å². The normalized spacial score (nSPS) is 12.5. The van der Waals surface area contributed by atoms with E-state index < -0.39 is 6.36 Å². The highest BCUT2D eigenvalue weighted by Crippen LogP contribution is 2.15. The molecule has 0 radical (unpaired) electrons. The van der Waals surface area contributed by atoms with E-state index in [1.54, 1.807) is 4.90 Å². The van der Waals surface area contributed by atoms with Crippen LogP contribution in [0, 0.1) is 0 Å². The molecule has 0 fully saturated rings. The van der Waals surface area contributed by atoms with Gasteiger partial charge in [0.15, 0.2) is 0 Å². The second kappa shape index (κ2) is 6.17. The number of rotatable bonds is 6. The Hall–Kier alpha value is -0.330. The maximum atomic E-state index is 11.5. The Morgan fingerprint density at radius 3 is 2.31 bits per heavy atom. The van der Waals surface area contributed by atoms with Crippen molar-refractivity contribution in [1.82, 2.24) is 4.90 Å². The topological polar surface area (TPSA) is 38.5 Å². The molecule has 3 nitrogen and oxygen atoms in total. The Bertz CT molecular complexity index is 129. The third kappa shape index (κ3) is 8.01. The van der Waals surface area contributed by atoms with E-state index in [9.17, 15) is 13.2 Å². The third-order valence-corrected chi connectivity index (χ3v) is 1.57. The number of nitrogens with zero attached hydrogens (tertiary/aromatic N) is 1. The first-order valence-corrected chi connectivity index (χ1v) is 4.12. The average molecular weight is 200 g/mol. The lowest BCUT2D eigenvalue weighted by atomic mass is 10.4. The van der Waals surface area contributed by atoms with Gasteiger partial charge in [-0.1, -0.05) is 6.92 Å². The zero-order valence-electron chi connectivity index (χ0n) is 7.60. The van der Waals surface area contributed by atoms with Crippen molar-refractivity contribution in [3.63, 3.8) is 0 Å². The van der Waals surface area contributed by atoms with Crippen LogP contribution >= 0.6 is 0 Å². The number of nitrogens with two attached hydrogens (primary N) is 1. The summed E-state index contributed by atoms with van der Waals surface area (Å²) < 4.78 is 38.2. The van der Waals surface area contributed by atoms with Gasteiger partial charge in [-0.15, -0.1) is 13.2 Å². The maximum absolute atomic E-state index is 11.5. The molecule has 0 aliphatic carbocycles. The fraction of sp³-hybridized carbons (Fsp3) is 1.00. The van der Waals surface area contributed by atoms with Crippen molar-refractivity contribution in [2.75, 3.05) is 32.8 Å². The van der Waals surface area contributed by atoms with Crippen LogP contribution in [0.15, 0.2) is 0 Å². The fourth-order valence-electron chi connectivity index (χ4n) is 0.901. The lowest BCUT2D eigenvalue weighted by Gasteiger charge is -2.19. The number of halogens is 3. The Morgan fingerprint density at radius 2 is 1.92 bits per heavy atom. The summed E-state index contributed by atoms with van der Waals surface area (Å²) >= 11 is 0. The molecule has 0 aliphatic rings. The summed E-state index contributed by atoms with van der Waals surface area (Å²) in [4.78, 5) is 1.80. The lowest BCUT2D eigenvalue weighted by molar-refractivity contribution is -0.325. The van der Waals surface area contributed by atoms with Gasteiger partial charge in [0.05, 0.1) is 6.61 Å². The molecule has 0 rings (SSSR count). The summed E-state index contributed by atoms with van der Waals surface area (Å²) in [5, 5.41) is 0. The second-order valence-corrected chi connectivity index (χ2v) is 2.52. The van der Waals surface area contributed by atoms with Gasteiger partial charge in [0.25, 0.3) is 0 Å². The largest absolute Gasteiger partial charge is 0.522 e. The number of hydrogen-bond donors (Lipinski definition) is 1. The van der Waals surface area contributed by atoms with Gasteiger partial charge >= 0.3 is 6.36 Å². The van der Waals surface area contributed by atoms with E-state index in [0.29, 0.717) is 19.6 Å². The molecule has 6 heteroatoms. The average Bonchev–Trinajstić information content (AvgIpc) is 2.01. The molecule has 0 aliphatic heterocycles. The summed E-state index contributed by atoms with van der Waals surface area (Å²) in [6, 6.07) is 0. The molecule has 0 heterocycles. The minimum atomic E-state index is -4.53. The van der Waals surface area contributed by atoms with E-state index >= 15 is 0 Å². The van der Waals surface area contributed by atoms with Gasteiger partial charge < -0.3 is 10.6 Å². The molecule has 0 amide bonds. The Kier molecular flexibility index (Phi) is 6.02. The molecule has 80 valence electrons. The van der Waals surface area contributed by atoms with Crippen LogP contribution in [0.2, 0.25) is 0 Å². The summed E-state index contributed by atoms with van der Waals surface area (Å²) in [5.74, 6) is 0. The molecule has 0 bridgehead atoms. The van der Waals surface area contributed by atoms with E-state index in [0.717, 1.165) is 0 Å². The van der Waals surface area contributed by atoms with Crippen LogP contribution < -0.4 is 5.73 Å². The zero-order chi connectivity index (χ0) is 10.3. The highest BCUT2D eigenvalue weighted by Gasteiger charge is 2.28. The van der Waals surface area contributed by atoms with Crippen molar-refractivity contribution in [2.24, 2.45) is 5.73 Å². The lowest BCUT2D eigenvalue weighted by Crippen LogP contribution is -2.33. The second-order valence-electron chi connectivity index (χ2n) is 2.52. The molecule has 0 unspecified atom stereocenters. The summed E-state index contributed by atoms with van der Waals surface area (Å²) in [6.45, 7) is 3.50. The number of alkyl halides is 3. The van der Waals surface area contributed by atoms with Crippen LogP contribution in [-0.4, -0.2) is 44.0 Å². The summed E-state index contributed by atoms with van der Waals surface area (Å²) in [7, 11) is 0. The highest BCUT2D eigenvalue weighted by atomic mass is 19.4. The number of hydrogen-bond acceptors (Lipinski definition) is 3. The molecule has 0 saturated carbocycles. The molecule has 13 heavy (non-hydrogen) atoms. The molecule has 2 N–H and O–H groups in total. The van der Waals surface area contributed by atoms with Gasteiger partial charge in [-0.3, -0.25) is 4.74 Å². The van der Waals surface area contributed by atoms with Gasteiger partial charge in [-0.05, 0) is 6.54 Å². The van der Waals surface area contributed by atoms with E-state index in [-0.39, 0.29) is 13.2 Å². The minimum Gasteiger partial charge on any atom is -0.329 e. The van der Waals surface area contributed by atoms with Crippen LogP contribution in [-0.2, 0) is 4.74 Å². The quantitative estimate of drug-likeness (QED) is 0.689. The highest BCUT2D eigenvalue weighted by molar-refractivity contribution is 4.54. The van der Waals surface area contributed by atoms with Crippen molar-refractivity contribution >= 4 is 0 Å². The third-order valence-electron chi connectivity index (χ3n) is 1.57. The van der Waals surface area contributed by atoms with E-state index in [1.165, 1.54) is 0 Å². The van der Waals surface area contributed by atoms with Gasteiger partial charge in [-0.2, -0.15) is 0 Å². The molecule has 0 aromatic rings. The molecular weight excluding hydrogens is 185 g/mol. The van der Waals surface area contributed by atoms with Gasteiger partial charge in [-0.25, -0.2) is 0 Å². The van der Waals surface area contributed by atoms with E-state index in [2.05, 4.69) is 4.74 Å². The molecule has 0 aromatic carbocycles. The molecular formula is C7H15F3N2O. The SMILES string of the molecule is CCN(CCN)CCOC(F)(F)F. The molecule has 0 saturated heterocycles. The monoisotopic (exact) mass is 200 g/mol. The maximum Gasteiger partial charge on any atom is 0.522 e. The van der Waals surface area contributed by atoms with Crippen molar-refractivity contribution in [1.29, 1.82) is 0 Å². The van der Waals surface area contributed by atoms with E-state index in [4.69, 9.17) is 5.73 Å². The number of likely N-dealkylation sites (N-methyl/N-ethyl adjacent to an activating group) is 1. The first kappa shape index (κ1) is 12.7. The van der Waals surface area contributed by atoms with E-state index in [1.807, 2.05) is 6.92 Å². The standard InChI is InChI=1S/C7H15F3N2O/c1-2-12(4-3-11)5-6-13-7(8,9)10/h2-6,11H2,1H3. The fourth-order valence-corrected chi connectivity index (χ4v) is 0.901. The predicted molar refractivity (Wildman–Crippen MR) is 43.2 cm³/mol. The minimum absolute atomic E-state index is 0.257. The van der Waals surface area contributed by atoms with Crippen LogP contribution in [0.4, 0.5) is 13.2 Å². The van der Waals surface area contributed by atoms with Crippen molar-refractivity contribution in [3.05, 3.63) is 0 Å². The first-order valence-electron chi connectivity index (χ1n) is 4.12. The van der Waals surface area contributed by atoms with Crippen molar-refractivity contribution in [3.8, 4) is 0 Å². The van der Waals surface area contributed by atoms with Crippen LogP contribution in [0.5, 0.6) is 0 Å². The van der Waals surface area contributed by atoms with Gasteiger partial charge in [0.1, 0.15) is 0 Å². The smallest absolute Gasteiger partial charge is 0.329 e. The summed E-state index contributed by atoms with van der Waals surface area (Å²) in [6.07, 6.45) is -4.53. The van der Waals surface area contributed by atoms with Gasteiger partial charge in [0.2, 0.25) is 0 Å². The molecule has 0 spiro atoms. The van der Waals surface area contributed by atoms with Crippen molar-refractivity contribution < 1.29 is 17.9 Å². The molecule has 0 aromatic heterocycles. The molecule has 0 atom stereocenters. The van der Waals surface area contributed by atoms with Crippen LogP contribution in [0.25, 0.3) is 0 Å². The van der Waals surface area contributed by atoms with Gasteiger partial charge in [0, 0.05) is 19.6 Å². The first-order chi connectivity index (χ1) is 5.99. The van der Waals surface area contributed by atoms with Crippen molar-refractivity contribution in [2.45, 2.75) is 13.3 Å². The Morgan fingerprint density at radius 1 is 1.31 bits per heavy atom. The van der Waals surface area contributed by atoms with Crippen LogP contribution in [0.3, 0.4) is 0 Å². The Labute approximate surface area is 75.6 Å². The predicted octanol–water partition coefficient (Wildman–Crippen LogP) is 0.803. The number of ether oxygens (including phenoxy) is 1. The zero-order valence-corrected chi connectivity index (χ0v) is 7.60. The Balaban J connectivity index is 3.49. The summed E-state index contributed by atoms with van der Waals surface area (Å²) in [5.41, 5.74) is 5.26.